The number of rotatable bonds is 2. The summed E-state index contributed by atoms with van der Waals surface area (Å²) < 4.78 is 27.0. The zero-order valence-electron chi connectivity index (χ0n) is 11.3. The molecule has 1 aromatic heterocycles. The normalized spacial score (nSPS) is 26.5. The molecule has 3 heterocycles. The first kappa shape index (κ1) is 13.1. The molecule has 2 aromatic rings. The molecule has 0 bridgehead atoms. The van der Waals surface area contributed by atoms with Crippen molar-refractivity contribution < 1.29 is 8.42 Å². The lowest BCUT2D eigenvalue weighted by molar-refractivity contribution is 0.448. The first-order valence-electron chi connectivity index (χ1n) is 6.97. The highest BCUT2D eigenvalue weighted by atomic mass is 32.2. The number of fused-ring (bicyclic) bond motifs is 2. The fourth-order valence-electron chi connectivity index (χ4n) is 3.33. The van der Waals surface area contributed by atoms with Crippen LogP contribution < -0.4 is 11.0 Å². The number of nitrogens with one attached hydrogen (secondary N) is 3. The highest BCUT2D eigenvalue weighted by Crippen LogP contribution is 2.31. The van der Waals surface area contributed by atoms with Gasteiger partial charge in [-0.3, -0.25) is 0 Å². The summed E-state index contributed by atoms with van der Waals surface area (Å²) in [6.07, 6.45) is 0. The summed E-state index contributed by atoms with van der Waals surface area (Å²) in [7, 11) is -3.49. The summed E-state index contributed by atoms with van der Waals surface area (Å²) >= 11 is 0. The Bertz CT molecular complexity index is 842. The molecule has 8 heteroatoms. The van der Waals surface area contributed by atoms with Crippen LogP contribution in [0.1, 0.15) is 0 Å². The highest BCUT2D eigenvalue weighted by Gasteiger charge is 2.41. The monoisotopic (exact) mass is 308 g/mol. The summed E-state index contributed by atoms with van der Waals surface area (Å²) in [6, 6.07) is 4.70. The molecule has 4 rings (SSSR count). The lowest BCUT2D eigenvalue weighted by Gasteiger charge is -2.17. The van der Waals surface area contributed by atoms with E-state index in [0.29, 0.717) is 36.0 Å². The Kier molecular flexibility index (Phi) is 2.75. The Morgan fingerprint density at radius 3 is 2.43 bits per heavy atom. The Morgan fingerprint density at radius 1 is 1.05 bits per heavy atom. The Balaban J connectivity index is 1.71. The van der Waals surface area contributed by atoms with Gasteiger partial charge in [0.2, 0.25) is 10.0 Å². The summed E-state index contributed by atoms with van der Waals surface area (Å²) in [4.78, 5) is 16.7. The fourth-order valence-corrected chi connectivity index (χ4v) is 4.91. The van der Waals surface area contributed by atoms with Crippen LogP contribution in [0.2, 0.25) is 0 Å². The number of hydrogen-bond donors (Lipinski definition) is 3. The topological polar surface area (TPSA) is 98.1 Å². The van der Waals surface area contributed by atoms with E-state index in [1.165, 1.54) is 6.07 Å². The van der Waals surface area contributed by atoms with Crippen molar-refractivity contribution in [3.63, 3.8) is 0 Å². The number of aromatic amines is 2. The maximum absolute atomic E-state index is 12.7. The number of imidazole rings is 1. The molecule has 0 amide bonds. The minimum absolute atomic E-state index is 0.234. The molecule has 1 aromatic carbocycles. The number of sulfonamides is 1. The second-order valence-corrected chi connectivity index (χ2v) is 7.72. The van der Waals surface area contributed by atoms with Crippen LogP contribution in [-0.2, 0) is 10.0 Å². The van der Waals surface area contributed by atoms with Crippen molar-refractivity contribution in [1.82, 2.24) is 19.6 Å². The van der Waals surface area contributed by atoms with Gasteiger partial charge in [0.15, 0.2) is 0 Å². The van der Waals surface area contributed by atoms with E-state index in [1.807, 2.05) is 0 Å². The second kappa shape index (κ2) is 4.43. The van der Waals surface area contributed by atoms with Crippen LogP contribution in [0.15, 0.2) is 27.9 Å². The van der Waals surface area contributed by atoms with E-state index < -0.39 is 10.0 Å². The number of aromatic nitrogens is 2. The molecule has 0 radical (unpaired) electrons. The van der Waals surface area contributed by atoms with Gasteiger partial charge in [0, 0.05) is 13.1 Å². The predicted octanol–water partition coefficient (Wildman–Crippen LogP) is -0.304. The molecule has 0 aliphatic carbocycles. The highest BCUT2D eigenvalue weighted by molar-refractivity contribution is 7.89. The van der Waals surface area contributed by atoms with Gasteiger partial charge in [-0.05, 0) is 43.1 Å². The quantitative estimate of drug-likeness (QED) is 0.709. The largest absolute Gasteiger partial charge is 0.323 e. The Hall–Kier alpha value is -1.64. The maximum atomic E-state index is 12.7. The fraction of sp³-hybridized carbons (Fsp3) is 0.462. The summed E-state index contributed by atoms with van der Waals surface area (Å²) in [5, 5.41) is 3.30. The van der Waals surface area contributed by atoms with Gasteiger partial charge in [-0.25, -0.2) is 13.2 Å². The van der Waals surface area contributed by atoms with E-state index in [0.717, 1.165) is 13.1 Å². The number of nitrogens with zero attached hydrogens (tertiary/aromatic N) is 1. The molecule has 2 fully saturated rings. The van der Waals surface area contributed by atoms with Crippen molar-refractivity contribution in [3.8, 4) is 0 Å². The van der Waals surface area contributed by atoms with Crippen LogP contribution in [0.4, 0.5) is 0 Å². The van der Waals surface area contributed by atoms with Crippen molar-refractivity contribution in [2.75, 3.05) is 26.2 Å². The Labute approximate surface area is 121 Å². The zero-order chi connectivity index (χ0) is 14.6. The van der Waals surface area contributed by atoms with Gasteiger partial charge >= 0.3 is 5.69 Å². The van der Waals surface area contributed by atoms with E-state index >= 15 is 0 Å². The van der Waals surface area contributed by atoms with Gasteiger partial charge in [0.05, 0.1) is 15.9 Å². The van der Waals surface area contributed by atoms with Crippen LogP contribution >= 0.6 is 0 Å². The van der Waals surface area contributed by atoms with E-state index in [2.05, 4.69) is 15.3 Å². The maximum Gasteiger partial charge on any atom is 0.323 e. The van der Waals surface area contributed by atoms with Gasteiger partial charge in [-0.1, -0.05) is 0 Å². The molecule has 0 saturated carbocycles. The van der Waals surface area contributed by atoms with Crippen LogP contribution in [0.25, 0.3) is 11.0 Å². The molecule has 2 aliphatic rings. The third-order valence-corrected chi connectivity index (χ3v) is 6.31. The Morgan fingerprint density at radius 2 is 1.71 bits per heavy atom. The zero-order valence-corrected chi connectivity index (χ0v) is 12.1. The summed E-state index contributed by atoms with van der Waals surface area (Å²) in [5.41, 5.74) is 0.796. The number of H-pyrrole nitrogens is 2. The molecule has 112 valence electrons. The smallest absolute Gasteiger partial charge is 0.316 e. The molecule has 2 aliphatic heterocycles. The average molecular weight is 308 g/mol. The second-order valence-electron chi connectivity index (χ2n) is 5.79. The van der Waals surface area contributed by atoms with Crippen molar-refractivity contribution >= 4 is 21.1 Å². The molecule has 2 saturated heterocycles. The standard InChI is InChI=1S/C13H16N4O3S/c18-13-15-11-2-1-10(3-12(11)16-13)21(19,20)17-6-8-4-14-5-9(8)7-17/h1-3,8-9,14H,4-7H2,(H2,15,16,18)/t8-,9+. The molecule has 0 spiro atoms. The van der Waals surface area contributed by atoms with Crippen molar-refractivity contribution in [1.29, 1.82) is 0 Å². The first-order chi connectivity index (χ1) is 10.0. The van der Waals surface area contributed by atoms with Crippen LogP contribution in [0, 0.1) is 11.8 Å². The van der Waals surface area contributed by atoms with Gasteiger partial charge < -0.3 is 15.3 Å². The average Bonchev–Trinajstić information content (AvgIpc) is 3.09. The van der Waals surface area contributed by atoms with E-state index in [4.69, 9.17) is 0 Å². The summed E-state index contributed by atoms with van der Waals surface area (Å²) in [6.45, 7) is 2.92. The van der Waals surface area contributed by atoms with Crippen molar-refractivity contribution in [2.45, 2.75) is 4.90 Å². The number of hydrogen-bond acceptors (Lipinski definition) is 4. The molecular formula is C13H16N4O3S. The van der Waals surface area contributed by atoms with Gasteiger partial charge in [0.25, 0.3) is 0 Å². The SMILES string of the molecule is O=c1[nH]c2ccc(S(=O)(=O)N3C[C@H]4CNC[C@H]4C3)cc2[nH]1. The molecule has 0 unspecified atom stereocenters. The predicted molar refractivity (Wildman–Crippen MR) is 77.5 cm³/mol. The van der Waals surface area contributed by atoms with Crippen LogP contribution in [0.5, 0.6) is 0 Å². The van der Waals surface area contributed by atoms with Gasteiger partial charge in [-0.15, -0.1) is 0 Å². The van der Waals surface area contributed by atoms with Crippen molar-refractivity contribution in [3.05, 3.63) is 28.7 Å². The summed E-state index contributed by atoms with van der Waals surface area (Å²) in [5.74, 6) is 0.825. The molecular weight excluding hydrogens is 292 g/mol. The molecule has 7 nitrogen and oxygen atoms in total. The van der Waals surface area contributed by atoms with E-state index in [9.17, 15) is 13.2 Å². The minimum atomic E-state index is -3.49. The van der Waals surface area contributed by atoms with E-state index in [1.54, 1.807) is 16.4 Å². The van der Waals surface area contributed by atoms with E-state index in [-0.39, 0.29) is 10.6 Å². The lowest BCUT2D eigenvalue weighted by atomic mass is 10.0. The number of benzene rings is 1. The van der Waals surface area contributed by atoms with Crippen molar-refractivity contribution in [2.24, 2.45) is 11.8 Å². The lowest BCUT2D eigenvalue weighted by Crippen LogP contribution is -2.31. The molecule has 2 atom stereocenters. The molecule has 21 heavy (non-hydrogen) atoms. The third kappa shape index (κ3) is 2.02. The van der Waals surface area contributed by atoms with Crippen LogP contribution in [0.3, 0.4) is 0 Å². The minimum Gasteiger partial charge on any atom is -0.316 e. The first-order valence-corrected chi connectivity index (χ1v) is 8.41. The molecule has 3 N–H and O–H groups in total. The van der Waals surface area contributed by atoms with Gasteiger partial charge in [-0.2, -0.15) is 4.31 Å². The van der Waals surface area contributed by atoms with Gasteiger partial charge in [0.1, 0.15) is 0 Å². The van der Waals surface area contributed by atoms with Crippen LogP contribution in [-0.4, -0.2) is 48.9 Å². The third-order valence-electron chi connectivity index (χ3n) is 4.48.